The SMILES string of the molecule is CC1CCCN1CC1CCCC1.Cl. The van der Waals surface area contributed by atoms with Gasteiger partial charge in [0.15, 0.2) is 0 Å². The van der Waals surface area contributed by atoms with Gasteiger partial charge in [0.05, 0.1) is 0 Å². The van der Waals surface area contributed by atoms with Gasteiger partial charge in [-0.3, -0.25) is 0 Å². The number of halogens is 1. The van der Waals surface area contributed by atoms with Gasteiger partial charge in [-0.05, 0) is 45.1 Å². The Kier molecular flexibility index (Phi) is 4.54. The van der Waals surface area contributed by atoms with Gasteiger partial charge in [0, 0.05) is 12.6 Å². The van der Waals surface area contributed by atoms with Crippen LogP contribution in [0, 0.1) is 5.92 Å². The molecule has 0 amide bonds. The molecule has 1 aliphatic carbocycles. The Bertz CT molecular complexity index is 143. The van der Waals surface area contributed by atoms with Crippen LogP contribution in [-0.4, -0.2) is 24.0 Å². The first-order chi connectivity index (χ1) is 5.86. The minimum atomic E-state index is 0. The minimum Gasteiger partial charge on any atom is -0.300 e. The van der Waals surface area contributed by atoms with Crippen molar-refractivity contribution < 1.29 is 0 Å². The van der Waals surface area contributed by atoms with Crippen LogP contribution in [0.2, 0.25) is 0 Å². The second-order valence-corrected chi connectivity index (χ2v) is 4.64. The van der Waals surface area contributed by atoms with Crippen molar-refractivity contribution in [1.29, 1.82) is 0 Å². The van der Waals surface area contributed by atoms with Gasteiger partial charge in [-0.15, -0.1) is 12.4 Å². The Balaban J connectivity index is 0.000000845. The van der Waals surface area contributed by atoms with Crippen LogP contribution in [-0.2, 0) is 0 Å². The van der Waals surface area contributed by atoms with Crippen molar-refractivity contribution in [2.75, 3.05) is 13.1 Å². The first-order valence-electron chi connectivity index (χ1n) is 5.60. The molecule has 1 atom stereocenters. The fourth-order valence-corrected chi connectivity index (χ4v) is 2.79. The predicted octanol–water partition coefficient (Wildman–Crippen LogP) is 3.08. The average molecular weight is 204 g/mol. The summed E-state index contributed by atoms with van der Waals surface area (Å²) >= 11 is 0. The van der Waals surface area contributed by atoms with Gasteiger partial charge in [-0.2, -0.15) is 0 Å². The second-order valence-electron chi connectivity index (χ2n) is 4.64. The normalized spacial score (nSPS) is 30.7. The van der Waals surface area contributed by atoms with Crippen molar-refractivity contribution in [2.45, 2.75) is 51.5 Å². The molecule has 13 heavy (non-hydrogen) atoms. The van der Waals surface area contributed by atoms with Gasteiger partial charge in [-0.1, -0.05) is 12.8 Å². The van der Waals surface area contributed by atoms with Crippen LogP contribution in [0.5, 0.6) is 0 Å². The quantitative estimate of drug-likeness (QED) is 0.667. The van der Waals surface area contributed by atoms with Gasteiger partial charge >= 0.3 is 0 Å². The molecule has 2 rings (SSSR count). The first kappa shape index (κ1) is 11.3. The third-order valence-corrected chi connectivity index (χ3v) is 3.66. The molecule has 1 heterocycles. The fourth-order valence-electron chi connectivity index (χ4n) is 2.79. The van der Waals surface area contributed by atoms with Crippen molar-refractivity contribution in [2.24, 2.45) is 5.92 Å². The van der Waals surface area contributed by atoms with Crippen LogP contribution >= 0.6 is 12.4 Å². The highest BCUT2D eigenvalue weighted by molar-refractivity contribution is 5.85. The maximum atomic E-state index is 2.70. The zero-order valence-corrected chi connectivity index (χ0v) is 9.48. The maximum absolute atomic E-state index is 2.70. The third-order valence-electron chi connectivity index (χ3n) is 3.66. The molecule has 1 nitrogen and oxygen atoms in total. The predicted molar refractivity (Wildman–Crippen MR) is 59.5 cm³/mol. The largest absolute Gasteiger partial charge is 0.300 e. The van der Waals surface area contributed by atoms with E-state index in [2.05, 4.69) is 11.8 Å². The molecular weight excluding hydrogens is 182 g/mol. The Morgan fingerprint density at radius 3 is 2.31 bits per heavy atom. The average Bonchev–Trinajstić information content (AvgIpc) is 2.65. The van der Waals surface area contributed by atoms with Crippen molar-refractivity contribution in [1.82, 2.24) is 4.90 Å². The first-order valence-corrected chi connectivity index (χ1v) is 5.60. The molecule has 1 saturated heterocycles. The molecule has 0 radical (unpaired) electrons. The fraction of sp³-hybridized carbons (Fsp3) is 1.00. The molecule has 0 N–H and O–H groups in total. The summed E-state index contributed by atoms with van der Waals surface area (Å²) in [5.41, 5.74) is 0. The van der Waals surface area contributed by atoms with E-state index in [4.69, 9.17) is 0 Å². The van der Waals surface area contributed by atoms with E-state index in [1.165, 1.54) is 51.6 Å². The lowest BCUT2D eigenvalue weighted by atomic mass is 10.1. The molecule has 1 saturated carbocycles. The smallest absolute Gasteiger partial charge is 0.00675 e. The van der Waals surface area contributed by atoms with E-state index < -0.39 is 0 Å². The van der Waals surface area contributed by atoms with Gasteiger partial charge in [0.1, 0.15) is 0 Å². The molecule has 0 aromatic carbocycles. The zero-order chi connectivity index (χ0) is 8.39. The van der Waals surface area contributed by atoms with Gasteiger partial charge in [0.2, 0.25) is 0 Å². The molecule has 2 fully saturated rings. The number of hydrogen-bond acceptors (Lipinski definition) is 1. The molecule has 1 unspecified atom stereocenters. The monoisotopic (exact) mass is 203 g/mol. The number of nitrogens with zero attached hydrogens (tertiary/aromatic N) is 1. The van der Waals surface area contributed by atoms with Crippen LogP contribution in [0.25, 0.3) is 0 Å². The highest BCUT2D eigenvalue weighted by atomic mass is 35.5. The lowest BCUT2D eigenvalue weighted by Crippen LogP contribution is -2.31. The number of likely N-dealkylation sites (tertiary alicyclic amines) is 1. The highest BCUT2D eigenvalue weighted by Crippen LogP contribution is 2.28. The molecule has 0 aromatic heterocycles. The van der Waals surface area contributed by atoms with Gasteiger partial charge in [-0.25, -0.2) is 0 Å². The Labute approximate surface area is 88.3 Å². The molecule has 1 aliphatic heterocycles. The lowest BCUT2D eigenvalue weighted by Gasteiger charge is -2.24. The summed E-state index contributed by atoms with van der Waals surface area (Å²) in [5.74, 6) is 1.05. The van der Waals surface area contributed by atoms with E-state index in [0.717, 1.165) is 12.0 Å². The van der Waals surface area contributed by atoms with Gasteiger partial charge in [0.25, 0.3) is 0 Å². The van der Waals surface area contributed by atoms with Crippen LogP contribution < -0.4 is 0 Å². The molecule has 2 aliphatic rings. The standard InChI is InChI=1S/C11H21N.ClH/c1-10-5-4-8-12(10)9-11-6-2-3-7-11;/h10-11H,2-9H2,1H3;1H. The van der Waals surface area contributed by atoms with Crippen LogP contribution in [0.15, 0.2) is 0 Å². The lowest BCUT2D eigenvalue weighted by molar-refractivity contribution is 0.226. The summed E-state index contributed by atoms with van der Waals surface area (Å²) in [5, 5.41) is 0. The van der Waals surface area contributed by atoms with E-state index in [9.17, 15) is 0 Å². The van der Waals surface area contributed by atoms with Crippen LogP contribution in [0.4, 0.5) is 0 Å². The van der Waals surface area contributed by atoms with Crippen molar-refractivity contribution >= 4 is 12.4 Å². The summed E-state index contributed by atoms with van der Waals surface area (Å²) in [6.07, 6.45) is 8.87. The summed E-state index contributed by atoms with van der Waals surface area (Å²) in [4.78, 5) is 2.70. The summed E-state index contributed by atoms with van der Waals surface area (Å²) in [7, 11) is 0. The molecule has 0 aromatic rings. The Morgan fingerprint density at radius 2 is 1.77 bits per heavy atom. The van der Waals surface area contributed by atoms with E-state index >= 15 is 0 Å². The van der Waals surface area contributed by atoms with Crippen LogP contribution in [0.1, 0.15) is 45.4 Å². The van der Waals surface area contributed by atoms with Crippen molar-refractivity contribution in [3.05, 3.63) is 0 Å². The van der Waals surface area contributed by atoms with Gasteiger partial charge < -0.3 is 4.90 Å². The summed E-state index contributed by atoms with van der Waals surface area (Å²) < 4.78 is 0. The number of rotatable bonds is 2. The highest BCUT2D eigenvalue weighted by Gasteiger charge is 2.24. The summed E-state index contributed by atoms with van der Waals surface area (Å²) in [6.45, 7) is 5.17. The minimum absolute atomic E-state index is 0. The maximum Gasteiger partial charge on any atom is 0.00675 e. The molecule has 0 bridgehead atoms. The topological polar surface area (TPSA) is 3.24 Å². The summed E-state index contributed by atoms with van der Waals surface area (Å²) in [6, 6.07) is 0.880. The van der Waals surface area contributed by atoms with E-state index in [-0.39, 0.29) is 12.4 Å². The molecule has 0 spiro atoms. The van der Waals surface area contributed by atoms with Crippen molar-refractivity contribution in [3.63, 3.8) is 0 Å². The zero-order valence-electron chi connectivity index (χ0n) is 8.67. The van der Waals surface area contributed by atoms with E-state index in [1.807, 2.05) is 0 Å². The number of hydrogen-bond donors (Lipinski definition) is 0. The molecule has 2 heteroatoms. The Hall–Kier alpha value is 0.250. The Morgan fingerprint density at radius 1 is 1.08 bits per heavy atom. The van der Waals surface area contributed by atoms with E-state index in [1.54, 1.807) is 0 Å². The van der Waals surface area contributed by atoms with E-state index in [0.29, 0.717) is 0 Å². The molecule has 78 valence electrons. The van der Waals surface area contributed by atoms with Crippen LogP contribution in [0.3, 0.4) is 0 Å². The third kappa shape index (κ3) is 2.85. The second kappa shape index (κ2) is 5.21. The molecular formula is C11H22ClN. The van der Waals surface area contributed by atoms with Crippen molar-refractivity contribution in [3.8, 4) is 0 Å².